The number of aliphatic hydroxyl groups is 2. The number of halogens is 2. The van der Waals surface area contributed by atoms with E-state index in [2.05, 4.69) is 10.3 Å². The van der Waals surface area contributed by atoms with Gasteiger partial charge < -0.3 is 29.7 Å². The van der Waals surface area contributed by atoms with Crippen molar-refractivity contribution < 1.29 is 38.0 Å². The first-order valence-corrected chi connectivity index (χ1v) is 9.35. The number of aliphatic hydroxyl groups excluding tert-OH is 2. The third-order valence-electron chi connectivity index (χ3n) is 5.02. The number of ether oxygens (including phenoxy) is 3. The number of fused-ring (bicyclic) bond motifs is 1. The standard InChI is InChI=1S/C19H19F2N3O7/c1-9-6-11-12(30-5-4-29-11)7-10(9)16(27)22-14-2-3-24(18(28)23-14)17-19(20,21)15(26)13(8-25)31-17/h2-3,6-7,13,15,17,25-26H,4-5,8H2,1H3,(H,22,23,27,28)/t13-,15?,17-/m1/s1. The van der Waals surface area contributed by atoms with E-state index < -0.39 is 42.6 Å². The van der Waals surface area contributed by atoms with Crippen molar-refractivity contribution >= 4 is 11.7 Å². The van der Waals surface area contributed by atoms with Crippen molar-refractivity contribution in [1.82, 2.24) is 9.55 Å². The molecule has 1 saturated heterocycles. The third-order valence-corrected chi connectivity index (χ3v) is 5.02. The summed E-state index contributed by atoms with van der Waals surface area (Å²) < 4.78 is 44.8. The molecule has 2 aliphatic rings. The molecule has 12 heteroatoms. The van der Waals surface area contributed by atoms with Crippen LogP contribution in [0.4, 0.5) is 14.6 Å². The van der Waals surface area contributed by atoms with E-state index in [9.17, 15) is 23.5 Å². The molecule has 2 aromatic rings. The summed E-state index contributed by atoms with van der Waals surface area (Å²) in [5, 5.41) is 21.1. The first-order valence-electron chi connectivity index (χ1n) is 9.35. The van der Waals surface area contributed by atoms with E-state index in [1.54, 1.807) is 13.0 Å². The van der Waals surface area contributed by atoms with Crippen LogP contribution in [0.2, 0.25) is 0 Å². The Balaban J connectivity index is 1.56. The average Bonchev–Trinajstić information content (AvgIpc) is 2.96. The lowest BCUT2D eigenvalue weighted by atomic mass is 10.1. The number of benzene rings is 1. The van der Waals surface area contributed by atoms with Crippen LogP contribution >= 0.6 is 0 Å². The molecule has 1 amide bonds. The molecule has 3 heterocycles. The van der Waals surface area contributed by atoms with Gasteiger partial charge >= 0.3 is 11.6 Å². The van der Waals surface area contributed by atoms with E-state index >= 15 is 0 Å². The molecule has 31 heavy (non-hydrogen) atoms. The minimum absolute atomic E-state index is 0.166. The van der Waals surface area contributed by atoms with Crippen LogP contribution in [0.5, 0.6) is 11.5 Å². The van der Waals surface area contributed by atoms with Gasteiger partial charge in [0.15, 0.2) is 17.6 Å². The lowest BCUT2D eigenvalue weighted by Gasteiger charge is -2.21. The molecule has 3 N–H and O–H groups in total. The van der Waals surface area contributed by atoms with Gasteiger partial charge in [0.05, 0.1) is 6.61 Å². The molecule has 10 nitrogen and oxygen atoms in total. The van der Waals surface area contributed by atoms with Crippen molar-refractivity contribution in [2.75, 3.05) is 25.1 Å². The number of carbonyl (C=O) groups excluding carboxylic acids is 1. The zero-order valence-corrected chi connectivity index (χ0v) is 16.2. The summed E-state index contributed by atoms with van der Waals surface area (Å²) in [6.45, 7) is 1.59. The Hall–Kier alpha value is -3.09. The second kappa shape index (κ2) is 7.87. The molecular weight excluding hydrogens is 420 g/mol. The van der Waals surface area contributed by atoms with Gasteiger partial charge in [-0.25, -0.2) is 4.79 Å². The highest BCUT2D eigenvalue weighted by Crippen LogP contribution is 2.42. The zero-order chi connectivity index (χ0) is 22.3. The summed E-state index contributed by atoms with van der Waals surface area (Å²) in [5.74, 6) is -3.66. The van der Waals surface area contributed by atoms with Crippen LogP contribution in [0.15, 0.2) is 29.2 Å². The van der Waals surface area contributed by atoms with Crippen molar-refractivity contribution in [3.8, 4) is 11.5 Å². The molecule has 3 atom stereocenters. The van der Waals surface area contributed by atoms with Crippen molar-refractivity contribution in [1.29, 1.82) is 0 Å². The molecule has 1 unspecified atom stereocenters. The molecule has 1 aromatic carbocycles. The van der Waals surface area contributed by atoms with E-state index in [0.29, 0.717) is 34.8 Å². The number of hydrogen-bond acceptors (Lipinski definition) is 8. The maximum Gasteiger partial charge on any atom is 0.351 e. The molecule has 1 fully saturated rings. The van der Waals surface area contributed by atoms with Crippen molar-refractivity contribution in [2.24, 2.45) is 0 Å². The SMILES string of the molecule is Cc1cc2c(cc1C(=O)Nc1ccn([C@@H]3O[C@H](CO)C(O)C3(F)F)c(=O)n1)OCCO2. The monoisotopic (exact) mass is 439 g/mol. The molecule has 0 spiro atoms. The predicted octanol–water partition coefficient (Wildman–Crippen LogP) is 0.461. The normalized spacial score (nSPS) is 24.1. The molecule has 166 valence electrons. The van der Waals surface area contributed by atoms with Gasteiger partial charge in [-0.1, -0.05) is 0 Å². The number of hydrogen-bond donors (Lipinski definition) is 3. The molecule has 1 aromatic heterocycles. The highest BCUT2D eigenvalue weighted by Gasteiger charge is 2.59. The summed E-state index contributed by atoms with van der Waals surface area (Å²) in [4.78, 5) is 28.5. The number of nitrogens with zero attached hydrogens (tertiary/aromatic N) is 2. The minimum atomic E-state index is -3.83. The average molecular weight is 439 g/mol. The van der Waals surface area contributed by atoms with Crippen LogP contribution in [0, 0.1) is 6.92 Å². The number of carbonyl (C=O) groups is 1. The Bertz CT molecular complexity index is 1070. The van der Waals surface area contributed by atoms with E-state index in [-0.39, 0.29) is 11.4 Å². The fourth-order valence-corrected chi connectivity index (χ4v) is 3.40. The third kappa shape index (κ3) is 3.73. The largest absolute Gasteiger partial charge is 0.486 e. The Morgan fingerprint density at radius 1 is 1.32 bits per heavy atom. The molecule has 0 aliphatic carbocycles. The number of anilines is 1. The highest BCUT2D eigenvalue weighted by atomic mass is 19.3. The lowest BCUT2D eigenvalue weighted by molar-refractivity contribution is -0.140. The predicted molar refractivity (Wildman–Crippen MR) is 101 cm³/mol. The molecule has 4 rings (SSSR count). The topological polar surface area (TPSA) is 132 Å². The van der Waals surface area contributed by atoms with Gasteiger partial charge in [-0.3, -0.25) is 9.36 Å². The number of aromatic nitrogens is 2. The number of alkyl halides is 2. The fourth-order valence-electron chi connectivity index (χ4n) is 3.40. The van der Waals surface area contributed by atoms with Crippen LogP contribution in [0.25, 0.3) is 0 Å². The van der Waals surface area contributed by atoms with Crippen molar-refractivity contribution in [2.45, 2.75) is 31.3 Å². The van der Waals surface area contributed by atoms with Crippen LogP contribution < -0.4 is 20.5 Å². The maximum absolute atomic E-state index is 14.3. The first-order chi connectivity index (χ1) is 14.7. The number of aryl methyl sites for hydroxylation is 1. The second-order valence-electron chi connectivity index (χ2n) is 7.10. The summed E-state index contributed by atoms with van der Waals surface area (Å²) in [6, 6.07) is 4.30. The zero-order valence-electron chi connectivity index (χ0n) is 16.2. The first kappa shape index (κ1) is 21.2. The van der Waals surface area contributed by atoms with Crippen molar-refractivity contribution in [3.63, 3.8) is 0 Å². The summed E-state index contributed by atoms with van der Waals surface area (Å²) in [6.07, 6.45) is -5.02. The molecule has 0 saturated carbocycles. The van der Waals surface area contributed by atoms with Gasteiger partial charge in [-0.2, -0.15) is 13.8 Å². The summed E-state index contributed by atoms with van der Waals surface area (Å²) in [7, 11) is 0. The van der Waals surface area contributed by atoms with Crippen LogP contribution in [0.1, 0.15) is 22.1 Å². The second-order valence-corrected chi connectivity index (χ2v) is 7.10. The van der Waals surface area contributed by atoms with Crippen molar-refractivity contribution in [3.05, 3.63) is 46.0 Å². The maximum atomic E-state index is 14.3. The van der Waals surface area contributed by atoms with Gasteiger partial charge in [-0.05, 0) is 30.7 Å². The van der Waals surface area contributed by atoms with E-state index in [0.717, 1.165) is 12.3 Å². The van der Waals surface area contributed by atoms with Gasteiger partial charge in [0.25, 0.3) is 5.91 Å². The Morgan fingerprint density at radius 2 is 2.00 bits per heavy atom. The smallest absolute Gasteiger partial charge is 0.351 e. The molecular formula is C19H19F2N3O7. The van der Waals surface area contributed by atoms with E-state index in [1.807, 2.05) is 0 Å². The van der Waals surface area contributed by atoms with E-state index in [4.69, 9.17) is 19.3 Å². The van der Waals surface area contributed by atoms with E-state index in [1.165, 1.54) is 6.07 Å². The van der Waals surface area contributed by atoms with Gasteiger partial charge in [-0.15, -0.1) is 0 Å². The van der Waals surface area contributed by atoms with Crippen LogP contribution in [-0.4, -0.2) is 63.6 Å². The van der Waals surface area contributed by atoms with Crippen LogP contribution in [-0.2, 0) is 4.74 Å². The number of rotatable bonds is 4. The molecule has 0 radical (unpaired) electrons. The minimum Gasteiger partial charge on any atom is -0.486 e. The van der Waals surface area contributed by atoms with Gasteiger partial charge in [0.2, 0.25) is 6.23 Å². The van der Waals surface area contributed by atoms with Crippen LogP contribution in [0.3, 0.4) is 0 Å². The highest BCUT2D eigenvalue weighted by molar-refractivity contribution is 6.05. The molecule has 2 aliphatic heterocycles. The van der Waals surface area contributed by atoms with Gasteiger partial charge in [0, 0.05) is 11.8 Å². The number of amides is 1. The number of nitrogens with one attached hydrogen (secondary N) is 1. The summed E-state index contributed by atoms with van der Waals surface area (Å²) in [5.41, 5.74) is -0.278. The fraction of sp³-hybridized carbons (Fsp3) is 0.421. The summed E-state index contributed by atoms with van der Waals surface area (Å²) >= 11 is 0. The van der Waals surface area contributed by atoms with Gasteiger partial charge in [0.1, 0.15) is 25.1 Å². The Labute approximate surface area is 174 Å². The Kier molecular flexibility index (Phi) is 5.37. The Morgan fingerprint density at radius 3 is 2.61 bits per heavy atom. The lowest BCUT2D eigenvalue weighted by Crippen LogP contribution is -2.41. The quantitative estimate of drug-likeness (QED) is 0.626. The molecule has 0 bridgehead atoms.